The van der Waals surface area contributed by atoms with Gasteiger partial charge in [0.2, 0.25) is 5.91 Å². The molecule has 0 saturated carbocycles. The average Bonchev–Trinajstić information content (AvgIpc) is 2.98. The number of ether oxygens (including phenoxy) is 1. The fourth-order valence-electron chi connectivity index (χ4n) is 3.43. The molecule has 5 nitrogen and oxygen atoms in total. The third-order valence-electron chi connectivity index (χ3n) is 4.67. The van der Waals surface area contributed by atoms with Gasteiger partial charge in [-0.05, 0) is 51.7 Å². The number of rotatable bonds is 7. The van der Waals surface area contributed by atoms with Gasteiger partial charge in [-0.1, -0.05) is 0 Å². The van der Waals surface area contributed by atoms with E-state index < -0.39 is 0 Å². The highest BCUT2D eigenvalue weighted by Crippen LogP contribution is 2.20. The molecule has 21 heavy (non-hydrogen) atoms. The van der Waals surface area contributed by atoms with Crippen molar-refractivity contribution in [1.82, 2.24) is 14.7 Å². The fraction of sp³-hybridized carbons (Fsp3) is 0.938. The second-order valence-electron chi connectivity index (χ2n) is 6.59. The SMILES string of the molecule is COCCN(C)CC(=O)N1CCC[C@H](CN2CCCC2)C1. The van der Waals surface area contributed by atoms with Gasteiger partial charge < -0.3 is 14.5 Å². The van der Waals surface area contributed by atoms with Crippen LogP contribution in [0.5, 0.6) is 0 Å². The Kier molecular flexibility index (Phi) is 6.93. The van der Waals surface area contributed by atoms with Crippen LogP contribution in [0.4, 0.5) is 0 Å². The van der Waals surface area contributed by atoms with Crippen LogP contribution < -0.4 is 0 Å². The summed E-state index contributed by atoms with van der Waals surface area (Å²) >= 11 is 0. The van der Waals surface area contributed by atoms with Crippen molar-refractivity contribution in [2.45, 2.75) is 25.7 Å². The molecule has 2 heterocycles. The summed E-state index contributed by atoms with van der Waals surface area (Å²) in [5.41, 5.74) is 0. The van der Waals surface area contributed by atoms with Crippen molar-refractivity contribution >= 4 is 5.91 Å². The summed E-state index contributed by atoms with van der Waals surface area (Å²) in [4.78, 5) is 19.1. The molecule has 5 heteroatoms. The Balaban J connectivity index is 1.72. The molecule has 1 amide bonds. The number of carbonyl (C=O) groups is 1. The molecule has 2 aliphatic heterocycles. The number of carbonyl (C=O) groups excluding carboxylic acids is 1. The first-order valence-corrected chi connectivity index (χ1v) is 8.36. The summed E-state index contributed by atoms with van der Waals surface area (Å²) in [6.45, 7) is 7.59. The van der Waals surface area contributed by atoms with E-state index in [1.807, 2.05) is 7.05 Å². The van der Waals surface area contributed by atoms with E-state index in [-0.39, 0.29) is 5.91 Å². The van der Waals surface area contributed by atoms with Crippen molar-refractivity contribution in [1.29, 1.82) is 0 Å². The number of likely N-dealkylation sites (tertiary alicyclic amines) is 2. The zero-order chi connectivity index (χ0) is 15.1. The standard InChI is InChI=1S/C16H31N3O2/c1-17(10-11-21-2)14-16(20)19-9-5-6-15(13-19)12-18-7-3-4-8-18/h15H,3-14H2,1-2H3/t15-/m1/s1. The molecule has 2 fully saturated rings. The number of hydrogen-bond donors (Lipinski definition) is 0. The predicted octanol–water partition coefficient (Wildman–Crippen LogP) is 0.899. The van der Waals surface area contributed by atoms with Crippen molar-refractivity contribution in [3.63, 3.8) is 0 Å². The van der Waals surface area contributed by atoms with Crippen LogP contribution in [0.25, 0.3) is 0 Å². The Morgan fingerprint density at radius 3 is 2.71 bits per heavy atom. The molecule has 122 valence electrons. The average molecular weight is 297 g/mol. The lowest BCUT2D eigenvalue weighted by atomic mass is 9.97. The Hall–Kier alpha value is -0.650. The van der Waals surface area contributed by atoms with Gasteiger partial charge in [-0.3, -0.25) is 9.69 Å². The summed E-state index contributed by atoms with van der Waals surface area (Å²) in [6, 6.07) is 0. The van der Waals surface area contributed by atoms with Crippen LogP contribution in [0.2, 0.25) is 0 Å². The number of likely N-dealkylation sites (N-methyl/N-ethyl adjacent to an activating group) is 1. The van der Waals surface area contributed by atoms with Crippen LogP contribution in [0.3, 0.4) is 0 Å². The van der Waals surface area contributed by atoms with Crippen LogP contribution >= 0.6 is 0 Å². The summed E-state index contributed by atoms with van der Waals surface area (Å²) in [5, 5.41) is 0. The molecule has 2 saturated heterocycles. The minimum absolute atomic E-state index is 0.278. The van der Waals surface area contributed by atoms with E-state index in [9.17, 15) is 4.79 Å². The van der Waals surface area contributed by atoms with Gasteiger partial charge >= 0.3 is 0 Å². The highest BCUT2D eigenvalue weighted by atomic mass is 16.5. The summed E-state index contributed by atoms with van der Waals surface area (Å²) < 4.78 is 5.06. The largest absolute Gasteiger partial charge is 0.383 e. The Morgan fingerprint density at radius 2 is 2.00 bits per heavy atom. The maximum atomic E-state index is 12.4. The predicted molar refractivity (Wildman–Crippen MR) is 84.4 cm³/mol. The van der Waals surface area contributed by atoms with Gasteiger partial charge in [-0.15, -0.1) is 0 Å². The summed E-state index contributed by atoms with van der Waals surface area (Å²) in [5.74, 6) is 0.949. The maximum Gasteiger partial charge on any atom is 0.236 e. The zero-order valence-corrected chi connectivity index (χ0v) is 13.7. The first-order chi connectivity index (χ1) is 10.2. The molecule has 1 atom stereocenters. The molecule has 2 aliphatic rings. The third-order valence-corrected chi connectivity index (χ3v) is 4.67. The van der Waals surface area contributed by atoms with E-state index >= 15 is 0 Å². The number of hydrogen-bond acceptors (Lipinski definition) is 4. The highest BCUT2D eigenvalue weighted by molar-refractivity contribution is 5.78. The van der Waals surface area contributed by atoms with Gasteiger partial charge in [0, 0.05) is 33.3 Å². The van der Waals surface area contributed by atoms with Gasteiger partial charge in [0.15, 0.2) is 0 Å². The van der Waals surface area contributed by atoms with Crippen LogP contribution in [0, 0.1) is 5.92 Å². The monoisotopic (exact) mass is 297 g/mol. The van der Waals surface area contributed by atoms with Crippen molar-refractivity contribution in [3.05, 3.63) is 0 Å². The van der Waals surface area contributed by atoms with Crippen LogP contribution in [0.1, 0.15) is 25.7 Å². The van der Waals surface area contributed by atoms with Crippen molar-refractivity contribution < 1.29 is 9.53 Å². The van der Waals surface area contributed by atoms with Crippen LogP contribution in [-0.2, 0) is 9.53 Å². The Labute approximate surface area is 129 Å². The molecule has 2 rings (SSSR count). The van der Waals surface area contributed by atoms with Gasteiger partial charge in [-0.2, -0.15) is 0 Å². The van der Waals surface area contributed by atoms with E-state index in [1.165, 1.54) is 38.9 Å². The van der Waals surface area contributed by atoms with Crippen molar-refractivity contribution in [2.75, 3.05) is 66.6 Å². The van der Waals surface area contributed by atoms with Crippen LogP contribution in [0.15, 0.2) is 0 Å². The Morgan fingerprint density at radius 1 is 1.24 bits per heavy atom. The first-order valence-electron chi connectivity index (χ1n) is 8.36. The zero-order valence-electron chi connectivity index (χ0n) is 13.7. The normalized spacial score (nSPS) is 24.0. The van der Waals surface area contributed by atoms with Gasteiger partial charge in [-0.25, -0.2) is 0 Å². The molecule has 0 aliphatic carbocycles. The highest BCUT2D eigenvalue weighted by Gasteiger charge is 2.26. The molecular formula is C16H31N3O2. The van der Waals surface area contributed by atoms with E-state index in [0.717, 1.165) is 26.1 Å². The number of nitrogens with zero attached hydrogens (tertiary/aromatic N) is 3. The van der Waals surface area contributed by atoms with Crippen LogP contribution in [-0.4, -0.2) is 87.2 Å². The van der Waals surface area contributed by atoms with E-state index in [1.54, 1.807) is 7.11 Å². The molecule has 0 unspecified atom stereocenters. The lowest BCUT2D eigenvalue weighted by Crippen LogP contribution is -2.46. The second kappa shape index (κ2) is 8.71. The number of piperidine rings is 1. The van der Waals surface area contributed by atoms with E-state index in [0.29, 0.717) is 19.1 Å². The minimum atomic E-state index is 0.278. The molecular weight excluding hydrogens is 266 g/mol. The molecule has 0 aromatic carbocycles. The van der Waals surface area contributed by atoms with Gasteiger partial charge in [0.1, 0.15) is 0 Å². The maximum absolute atomic E-state index is 12.4. The molecule has 0 N–H and O–H groups in total. The summed E-state index contributed by atoms with van der Waals surface area (Å²) in [7, 11) is 3.69. The molecule has 0 bridgehead atoms. The van der Waals surface area contributed by atoms with E-state index in [4.69, 9.17) is 4.74 Å². The fourth-order valence-corrected chi connectivity index (χ4v) is 3.43. The van der Waals surface area contributed by atoms with Crippen molar-refractivity contribution in [2.24, 2.45) is 5.92 Å². The van der Waals surface area contributed by atoms with Gasteiger partial charge in [0.05, 0.1) is 13.2 Å². The summed E-state index contributed by atoms with van der Waals surface area (Å²) in [6.07, 6.45) is 5.13. The molecule has 0 aromatic heterocycles. The number of amides is 1. The molecule has 0 radical (unpaired) electrons. The topological polar surface area (TPSA) is 36.0 Å². The first kappa shape index (κ1) is 16.7. The lowest BCUT2D eigenvalue weighted by molar-refractivity contribution is -0.134. The van der Waals surface area contributed by atoms with E-state index in [2.05, 4.69) is 14.7 Å². The molecule has 0 aromatic rings. The van der Waals surface area contributed by atoms with Gasteiger partial charge in [0.25, 0.3) is 0 Å². The lowest BCUT2D eigenvalue weighted by Gasteiger charge is -2.35. The quantitative estimate of drug-likeness (QED) is 0.699. The van der Waals surface area contributed by atoms with Crippen molar-refractivity contribution in [3.8, 4) is 0 Å². The molecule has 0 spiro atoms. The minimum Gasteiger partial charge on any atom is -0.383 e. The number of methoxy groups -OCH3 is 1. The smallest absolute Gasteiger partial charge is 0.236 e. The Bertz CT molecular complexity index is 319. The third kappa shape index (κ3) is 5.57. The second-order valence-corrected chi connectivity index (χ2v) is 6.59.